The number of carbonyl (C=O) groups is 2. The maximum absolute atomic E-state index is 12.7. The molecule has 0 N–H and O–H groups in total. The largest absolute Gasteiger partial charge is 0.464 e. The lowest BCUT2D eigenvalue weighted by Gasteiger charge is -2.43. The molecule has 0 unspecified atom stereocenters. The maximum atomic E-state index is 12.7. The smallest absolute Gasteiger partial charge is 0.346 e. The maximum Gasteiger partial charge on any atom is 0.346 e. The Morgan fingerprint density at radius 3 is 2.12 bits per heavy atom. The van der Waals surface area contributed by atoms with E-state index >= 15 is 0 Å². The Morgan fingerprint density at radius 2 is 1.58 bits per heavy atom. The Hall–Kier alpha value is -1.06. The van der Waals surface area contributed by atoms with Crippen LogP contribution in [0.2, 0.25) is 0 Å². The summed E-state index contributed by atoms with van der Waals surface area (Å²) in [7, 11) is 0. The highest BCUT2D eigenvalue weighted by Gasteiger charge is 2.63. The highest BCUT2D eigenvalue weighted by Crippen LogP contribution is 2.44. The lowest BCUT2D eigenvalue weighted by Crippen LogP contribution is -2.63. The van der Waals surface area contributed by atoms with Crippen molar-refractivity contribution in [2.75, 3.05) is 13.2 Å². The molecule has 0 saturated carbocycles. The van der Waals surface area contributed by atoms with Crippen molar-refractivity contribution in [2.24, 2.45) is 0 Å². The number of hydrogen-bond donors (Lipinski definition) is 0. The van der Waals surface area contributed by atoms with E-state index in [0.29, 0.717) is 0 Å². The van der Waals surface area contributed by atoms with Crippen LogP contribution in [0.5, 0.6) is 0 Å². The summed E-state index contributed by atoms with van der Waals surface area (Å²) in [6, 6.07) is 0. The number of fused-ring (bicyclic) bond motifs is 1. The van der Waals surface area contributed by atoms with E-state index in [0.717, 1.165) is 0 Å². The van der Waals surface area contributed by atoms with Gasteiger partial charge in [-0.15, -0.1) is 0 Å². The highest BCUT2D eigenvalue weighted by molar-refractivity contribution is 6.06. The van der Waals surface area contributed by atoms with Gasteiger partial charge in [-0.05, 0) is 41.5 Å². The molecule has 3 aliphatic rings. The number of ketones is 1. The molecule has 0 aromatic rings. The van der Waals surface area contributed by atoms with E-state index in [1.165, 1.54) is 6.92 Å². The fourth-order valence-corrected chi connectivity index (χ4v) is 3.84. The Balaban J connectivity index is 1.95. The number of rotatable bonds is 4. The summed E-state index contributed by atoms with van der Waals surface area (Å²) >= 11 is 0. The summed E-state index contributed by atoms with van der Waals surface area (Å²) in [5.74, 6) is -2.76. The summed E-state index contributed by atoms with van der Waals surface area (Å²) in [5.41, 5.74) is -1.73. The number of carbonyl (C=O) groups excluding carboxylic acids is 2. The molecule has 3 rings (SSSR count). The zero-order valence-electron chi connectivity index (χ0n) is 16.2. The van der Waals surface area contributed by atoms with Crippen molar-refractivity contribution in [3.8, 4) is 0 Å². The first-order valence-corrected chi connectivity index (χ1v) is 9.03. The number of ether oxygens (including phenoxy) is 6. The van der Waals surface area contributed by atoms with Crippen LogP contribution >= 0.6 is 0 Å². The average molecular weight is 372 g/mol. The van der Waals surface area contributed by atoms with Crippen molar-refractivity contribution >= 4 is 11.8 Å². The van der Waals surface area contributed by atoms with Gasteiger partial charge >= 0.3 is 5.97 Å². The Morgan fingerprint density at radius 1 is 0.962 bits per heavy atom. The number of hydrogen-bond acceptors (Lipinski definition) is 8. The molecule has 0 aromatic carbocycles. The second-order valence-electron chi connectivity index (χ2n) is 7.90. The van der Waals surface area contributed by atoms with Crippen molar-refractivity contribution in [2.45, 2.75) is 89.6 Å². The van der Waals surface area contributed by atoms with E-state index in [1.54, 1.807) is 34.6 Å². The third kappa shape index (κ3) is 3.41. The van der Waals surface area contributed by atoms with Crippen LogP contribution in [0.25, 0.3) is 0 Å². The SMILES string of the molecule is CCOC(=O)[C@@]1(C(C)=O)C[C@H]2OC(C)(C)O[C@H]2[C@@H]([C@@H]2COC(C)(C)O2)O1. The molecule has 0 radical (unpaired) electrons. The van der Waals surface area contributed by atoms with Crippen molar-refractivity contribution in [3.05, 3.63) is 0 Å². The van der Waals surface area contributed by atoms with Crippen LogP contribution in [0, 0.1) is 0 Å². The second kappa shape index (κ2) is 6.53. The summed E-state index contributed by atoms with van der Waals surface area (Å²) in [6.07, 6.45) is -2.13. The Kier molecular flexibility index (Phi) is 4.94. The molecule has 0 aliphatic carbocycles. The van der Waals surface area contributed by atoms with E-state index in [1.807, 2.05) is 0 Å². The molecule has 3 heterocycles. The fourth-order valence-electron chi connectivity index (χ4n) is 3.84. The van der Waals surface area contributed by atoms with E-state index < -0.39 is 53.3 Å². The van der Waals surface area contributed by atoms with E-state index in [9.17, 15) is 9.59 Å². The minimum atomic E-state index is -1.73. The van der Waals surface area contributed by atoms with E-state index in [4.69, 9.17) is 28.4 Å². The molecule has 3 saturated heterocycles. The standard InChI is InChI=1S/C18H28O8/c1-7-21-15(20)18(10(2)19)8-11-13(25-17(5,6)23-11)14(26-18)12-9-22-16(3,4)24-12/h11-14H,7-9H2,1-6H3/t11-,12+,13-,14-,18+/m1/s1. The number of Topliss-reactive ketones (excluding diaryl/α,β-unsaturated/α-hetero) is 1. The minimum Gasteiger partial charge on any atom is -0.464 e. The summed E-state index contributed by atoms with van der Waals surface area (Å²) in [4.78, 5) is 25.1. The normalized spacial score (nSPS) is 40.8. The van der Waals surface area contributed by atoms with Gasteiger partial charge in [-0.1, -0.05) is 0 Å². The third-order valence-corrected chi connectivity index (χ3v) is 4.94. The molecule has 3 aliphatic heterocycles. The van der Waals surface area contributed by atoms with E-state index in [2.05, 4.69) is 0 Å². The molecular formula is C18H28O8. The first-order chi connectivity index (χ1) is 12.0. The van der Waals surface area contributed by atoms with Crippen LogP contribution in [0.3, 0.4) is 0 Å². The first-order valence-electron chi connectivity index (χ1n) is 9.03. The monoisotopic (exact) mass is 372 g/mol. The lowest BCUT2D eigenvalue weighted by molar-refractivity contribution is -0.234. The molecule has 0 amide bonds. The van der Waals surface area contributed by atoms with Crippen LogP contribution in [-0.2, 0) is 38.0 Å². The molecule has 148 valence electrons. The van der Waals surface area contributed by atoms with Gasteiger partial charge < -0.3 is 28.4 Å². The Bertz CT molecular complexity index is 586. The van der Waals surface area contributed by atoms with Gasteiger partial charge in [0.15, 0.2) is 17.4 Å². The molecule has 0 bridgehead atoms. The zero-order valence-corrected chi connectivity index (χ0v) is 16.2. The van der Waals surface area contributed by atoms with Gasteiger partial charge in [0.1, 0.15) is 18.3 Å². The Labute approximate surface area is 153 Å². The first kappa shape index (κ1) is 19.7. The molecule has 5 atom stereocenters. The summed E-state index contributed by atoms with van der Waals surface area (Å²) in [5, 5.41) is 0. The van der Waals surface area contributed by atoms with Gasteiger partial charge in [-0.25, -0.2) is 4.79 Å². The topological polar surface area (TPSA) is 89.5 Å². The van der Waals surface area contributed by atoms with Crippen LogP contribution in [0.1, 0.15) is 48.0 Å². The molecule has 3 fully saturated rings. The van der Waals surface area contributed by atoms with Gasteiger partial charge in [0.2, 0.25) is 5.60 Å². The quantitative estimate of drug-likeness (QED) is 0.539. The third-order valence-electron chi connectivity index (χ3n) is 4.94. The highest BCUT2D eigenvalue weighted by atomic mass is 16.8. The molecular weight excluding hydrogens is 344 g/mol. The molecule has 26 heavy (non-hydrogen) atoms. The average Bonchev–Trinajstić information content (AvgIpc) is 3.03. The van der Waals surface area contributed by atoms with Crippen molar-refractivity contribution in [3.63, 3.8) is 0 Å². The van der Waals surface area contributed by atoms with Crippen LogP contribution < -0.4 is 0 Å². The molecule has 8 nitrogen and oxygen atoms in total. The fraction of sp³-hybridized carbons (Fsp3) is 0.889. The van der Waals surface area contributed by atoms with Crippen molar-refractivity contribution < 1.29 is 38.0 Å². The predicted octanol–water partition coefficient (Wildman–Crippen LogP) is 1.34. The molecule has 0 aromatic heterocycles. The summed E-state index contributed by atoms with van der Waals surface area (Å²) < 4.78 is 34.8. The van der Waals surface area contributed by atoms with Crippen LogP contribution in [-0.4, -0.2) is 66.6 Å². The zero-order chi connectivity index (χ0) is 19.3. The van der Waals surface area contributed by atoms with Gasteiger partial charge in [0, 0.05) is 6.42 Å². The van der Waals surface area contributed by atoms with E-state index in [-0.39, 0.29) is 19.6 Å². The number of esters is 1. The minimum absolute atomic E-state index is 0.0444. The second-order valence-corrected chi connectivity index (χ2v) is 7.90. The van der Waals surface area contributed by atoms with Crippen molar-refractivity contribution in [1.82, 2.24) is 0 Å². The molecule has 8 heteroatoms. The van der Waals surface area contributed by atoms with Crippen LogP contribution in [0.4, 0.5) is 0 Å². The van der Waals surface area contributed by atoms with Gasteiger partial charge in [-0.3, -0.25) is 4.79 Å². The predicted molar refractivity (Wildman–Crippen MR) is 88.3 cm³/mol. The van der Waals surface area contributed by atoms with Crippen LogP contribution in [0.15, 0.2) is 0 Å². The molecule has 0 spiro atoms. The van der Waals surface area contributed by atoms with Crippen molar-refractivity contribution in [1.29, 1.82) is 0 Å². The van der Waals surface area contributed by atoms with Gasteiger partial charge in [-0.2, -0.15) is 0 Å². The summed E-state index contributed by atoms with van der Waals surface area (Å²) in [6.45, 7) is 10.6. The lowest BCUT2D eigenvalue weighted by atomic mass is 9.83. The van der Waals surface area contributed by atoms with Gasteiger partial charge in [0.25, 0.3) is 0 Å². The van der Waals surface area contributed by atoms with Gasteiger partial charge in [0.05, 0.1) is 19.3 Å².